The molecule has 0 amide bonds. The fourth-order valence-electron chi connectivity index (χ4n) is 2.39. The van der Waals surface area contributed by atoms with E-state index in [0.717, 1.165) is 6.54 Å². The lowest BCUT2D eigenvalue weighted by Crippen LogP contribution is -2.19. The molecule has 1 nitrogen and oxygen atoms in total. The third-order valence-corrected chi connectivity index (χ3v) is 4.82. The monoisotopic (exact) mass is 273 g/mol. The van der Waals surface area contributed by atoms with Gasteiger partial charge in [0.05, 0.1) is 0 Å². The van der Waals surface area contributed by atoms with Crippen LogP contribution in [0.1, 0.15) is 46.3 Å². The van der Waals surface area contributed by atoms with Gasteiger partial charge in [0.15, 0.2) is 0 Å². The molecular formula is C17H23NS. The molecule has 2 rings (SSSR count). The minimum absolute atomic E-state index is 0.388. The number of nitrogens with one attached hydrogen (secondary N) is 1. The number of thiophene rings is 1. The van der Waals surface area contributed by atoms with Gasteiger partial charge in [-0.05, 0) is 78.8 Å². The zero-order valence-corrected chi connectivity index (χ0v) is 13.3. The number of rotatable bonds is 4. The summed E-state index contributed by atoms with van der Waals surface area (Å²) in [5, 5.41) is 8.09. The number of benzene rings is 1. The maximum absolute atomic E-state index is 3.64. The van der Waals surface area contributed by atoms with E-state index in [4.69, 9.17) is 0 Å². The second kappa shape index (κ2) is 5.89. The Kier molecular flexibility index (Phi) is 4.43. The highest BCUT2D eigenvalue weighted by atomic mass is 32.1. The van der Waals surface area contributed by atoms with Crippen LogP contribution in [0.4, 0.5) is 0 Å². The van der Waals surface area contributed by atoms with Crippen LogP contribution in [0.3, 0.4) is 0 Å². The summed E-state index contributed by atoms with van der Waals surface area (Å²) in [5.41, 5.74) is 8.35. The van der Waals surface area contributed by atoms with Gasteiger partial charge in [-0.1, -0.05) is 12.1 Å². The largest absolute Gasteiger partial charge is 0.306 e. The quantitative estimate of drug-likeness (QED) is 0.841. The van der Waals surface area contributed by atoms with E-state index < -0.39 is 0 Å². The van der Waals surface area contributed by atoms with Crippen LogP contribution in [0.25, 0.3) is 0 Å². The molecule has 1 aromatic heterocycles. The van der Waals surface area contributed by atoms with Crippen LogP contribution in [0.5, 0.6) is 0 Å². The SMILES string of the molecule is Cc1cc(C)c(C(C)NCc2cscc2C)cc1C. The van der Waals surface area contributed by atoms with E-state index in [-0.39, 0.29) is 0 Å². The first-order valence-electron chi connectivity index (χ1n) is 6.82. The van der Waals surface area contributed by atoms with Gasteiger partial charge in [-0.25, -0.2) is 0 Å². The summed E-state index contributed by atoms with van der Waals surface area (Å²) in [6.07, 6.45) is 0. The average Bonchev–Trinajstić information content (AvgIpc) is 2.76. The summed E-state index contributed by atoms with van der Waals surface area (Å²) in [6.45, 7) is 11.9. The predicted molar refractivity (Wildman–Crippen MR) is 85.0 cm³/mol. The molecule has 0 bridgehead atoms. The molecule has 1 heterocycles. The Morgan fingerprint density at radius 2 is 1.63 bits per heavy atom. The van der Waals surface area contributed by atoms with Crippen LogP contribution in [0.2, 0.25) is 0 Å². The Bertz CT molecular complexity index is 569. The van der Waals surface area contributed by atoms with E-state index >= 15 is 0 Å². The third kappa shape index (κ3) is 3.26. The molecule has 19 heavy (non-hydrogen) atoms. The molecule has 1 aromatic carbocycles. The summed E-state index contributed by atoms with van der Waals surface area (Å²) in [4.78, 5) is 0. The van der Waals surface area contributed by atoms with E-state index in [9.17, 15) is 0 Å². The van der Waals surface area contributed by atoms with Crippen molar-refractivity contribution in [2.75, 3.05) is 0 Å². The van der Waals surface area contributed by atoms with Crippen molar-refractivity contribution in [1.29, 1.82) is 0 Å². The lowest BCUT2D eigenvalue weighted by atomic mass is 9.96. The van der Waals surface area contributed by atoms with E-state index in [1.807, 2.05) is 0 Å². The van der Waals surface area contributed by atoms with Crippen LogP contribution in [0.15, 0.2) is 22.9 Å². The van der Waals surface area contributed by atoms with Crippen molar-refractivity contribution in [2.24, 2.45) is 0 Å². The molecule has 2 heteroatoms. The Morgan fingerprint density at radius 1 is 0.947 bits per heavy atom. The van der Waals surface area contributed by atoms with Crippen molar-refractivity contribution in [1.82, 2.24) is 5.32 Å². The van der Waals surface area contributed by atoms with Gasteiger partial charge in [0.25, 0.3) is 0 Å². The van der Waals surface area contributed by atoms with Crippen molar-refractivity contribution in [3.63, 3.8) is 0 Å². The van der Waals surface area contributed by atoms with Gasteiger partial charge in [-0.2, -0.15) is 11.3 Å². The standard InChI is InChI=1S/C17H23NS/c1-11-6-13(3)17(7-12(11)2)15(5)18-8-16-10-19-9-14(16)4/h6-7,9-10,15,18H,8H2,1-5H3. The van der Waals surface area contributed by atoms with Gasteiger partial charge in [-0.15, -0.1) is 0 Å². The molecule has 102 valence electrons. The summed E-state index contributed by atoms with van der Waals surface area (Å²) in [5.74, 6) is 0. The Morgan fingerprint density at radius 3 is 2.26 bits per heavy atom. The van der Waals surface area contributed by atoms with E-state index in [1.165, 1.54) is 33.4 Å². The Balaban J connectivity index is 2.10. The minimum atomic E-state index is 0.388. The molecule has 2 aromatic rings. The maximum atomic E-state index is 3.64. The number of hydrogen-bond donors (Lipinski definition) is 1. The van der Waals surface area contributed by atoms with E-state index in [0.29, 0.717) is 6.04 Å². The summed E-state index contributed by atoms with van der Waals surface area (Å²) >= 11 is 1.78. The van der Waals surface area contributed by atoms with Crippen LogP contribution >= 0.6 is 11.3 Å². The molecule has 1 atom stereocenters. The smallest absolute Gasteiger partial charge is 0.0297 e. The normalized spacial score (nSPS) is 12.7. The molecule has 0 saturated heterocycles. The molecule has 0 aliphatic carbocycles. The van der Waals surface area contributed by atoms with E-state index in [1.54, 1.807) is 11.3 Å². The highest BCUT2D eigenvalue weighted by molar-refractivity contribution is 7.08. The highest BCUT2D eigenvalue weighted by Gasteiger charge is 2.10. The van der Waals surface area contributed by atoms with Crippen molar-refractivity contribution in [2.45, 2.75) is 47.2 Å². The first-order valence-corrected chi connectivity index (χ1v) is 7.76. The Labute approximate surface area is 120 Å². The second-order valence-corrected chi connectivity index (χ2v) is 6.22. The highest BCUT2D eigenvalue weighted by Crippen LogP contribution is 2.22. The van der Waals surface area contributed by atoms with Gasteiger partial charge < -0.3 is 5.32 Å². The molecular weight excluding hydrogens is 250 g/mol. The van der Waals surface area contributed by atoms with Crippen molar-refractivity contribution < 1.29 is 0 Å². The molecule has 0 spiro atoms. The molecule has 1 unspecified atom stereocenters. The first-order chi connectivity index (χ1) is 8.99. The molecule has 0 aliphatic rings. The van der Waals surface area contributed by atoms with E-state index in [2.05, 4.69) is 62.8 Å². The Hall–Kier alpha value is -1.12. The van der Waals surface area contributed by atoms with Gasteiger partial charge in [0.1, 0.15) is 0 Å². The first kappa shape index (κ1) is 14.3. The van der Waals surface area contributed by atoms with Gasteiger partial charge in [0.2, 0.25) is 0 Å². The molecule has 1 N–H and O–H groups in total. The van der Waals surface area contributed by atoms with Crippen LogP contribution < -0.4 is 5.32 Å². The van der Waals surface area contributed by atoms with Gasteiger partial charge >= 0.3 is 0 Å². The van der Waals surface area contributed by atoms with Crippen LogP contribution in [0, 0.1) is 27.7 Å². The fraction of sp³-hybridized carbons (Fsp3) is 0.412. The lowest BCUT2D eigenvalue weighted by Gasteiger charge is -2.18. The summed E-state index contributed by atoms with van der Waals surface area (Å²) in [7, 11) is 0. The second-order valence-electron chi connectivity index (χ2n) is 5.48. The average molecular weight is 273 g/mol. The zero-order valence-electron chi connectivity index (χ0n) is 12.5. The molecule has 0 saturated carbocycles. The summed E-state index contributed by atoms with van der Waals surface area (Å²) < 4.78 is 0. The molecule has 0 radical (unpaired) electrons. The van der Waals surface area contributed by atoms with Crippen molar-refractivity contribution in [3.05, 3.63) is 56.3 Å². The number of aryl methyl sites for hydroxylation is 4. The predicted octanol–water partition coefficient (Wildman–Crippen LogP) is 4.83. The lowest BCUT2D eigenvalue weighted by molar-refractivity contribution is 0.571. The van der Waals surface area contributed by atoms with Gasteiger partial charge in [0, 0.05) is 12.6 Å². The van der Waals surface area contributed by atoms with Crippen molar-refractivity contribution in [3.8, 4) is 0 Å². The van der Waals surface area contributed by atoms with Crippen LogP contribution in [-0.4, -0.2) is 0 Å². The zero-order chi connectivity index (χ0) is 14.0. The fourth-order valence-corrected chi connectivity index (χ4v) is 3.25. The van der Waals surface area contributed by atoms with Gasteiger partial charge in [-0.3, -0.25) is 0 Å². The minimum Gasteiger partial charge on any atom is -0.306 e. The summed E-state index contributed by atoms with van der Waals surface area (Å²) in [6, 6.07) is 5.00. The van der Waals surface area contributed by atoms with Crippen molar-refractivity contribution >= 4 is 11.3 Å². The molecule has 0 fully saturated rings. The topological polar surface area (TPSA) is 12.0 Å². The molecule has 0 aliphatic heterocycles. The maximum Gasteiger partial charge on any atom is 0.0297 e. The van der Waals surface area contributed by atoms with Crippen LogP contribution in [-0.2, 0) is 6.54 Å². The third-order valence-electron chi connectivity index (χ3n) is 3.91. The number of hydrogen-bond acceptors (Lipinski definition) is 2.